The first-order chi connectivity index (χ1) is 7.83. The van der Waals surface area contributed by atoms with E-state index >= 15 is 0 Å². The molecule has 1 heterocycles. The smallest absolute Gasteiger partial charge is 0.224 e. The minimum atomic E-state index is 0.213. The van der Waals surface area contributed by atoms with E-state index in [9.17, 15) is 4.79 Å². The Balaban J connectivity index is 2.05. The van der Waals surface area contributed by atoms with Gasteiger partial charge in [-0.1, -0.05) is 12.8 Å². The van der Waals surface area contributed by atoms with Crippen molar-refractivity contribution in [2.75, 3.05) is 26.3 Å². The van der Waals surface area contributed by atoms with Crippen molar-refractivity contribution in [1.29, 1.82) is 0 Å². The number of hydrogen-bond acceptors (Lipinski definition) is 3. The second kappa shape index (κ2) is 5.64. The van der Waals surface area contributed by atoms with Crippen LogP contribution in [0.3, 0.4) is 0 Å². The molecule has 1 aliphatic carbocycles. The van der Waals surface area contributed by atoms with Crippen LogP contribution in [0.2, 0.25) is 0 Å². The Hall–Kier alpha value is -0.610. The zero-order chi connectivity index (χ0) is 11.4. The molecule has 1 saturated carbocycles. The summed E-state index contributed by atoms with van der Waals surface area (Å²) in [5.41, 5.74) is 5.46. The molecular formula is C12H22N2O2. The topological polar surface area (TPSA) is 55.6 Å². The van der Waals surface area contributed by atoms with E-state index in [4.69, 9.17) is 10.5 Å². The summed E-state index contributed by atoms with van der Waals surface area (Å²) < 4.78 is 5.60. The van der Waals surface area contributed by atoms with E-state index in [1.54, 1.807) is 0 Å². The van der Waals surface area contributed by atoms with E-state index in [2.05, 4.69) is 0 Å². The molecule has 0 spiro atoms. The van der Waals surface area contributed by atoms with Crippen molar-refractivity contribution >= 4 is 5.91 Å². The van der Waals surface area contributed by atoms with Gasteiger partial charge in [-0.2, -0.15) is 0 Å². The van der Waals surface area contributed by atoms with Crippen molar-refractivity contribution in [2.45, 2.75) is 38.1 Å². The number of carbonyl (C=O) groups excluding carboxylic acids is 1. The summed E-state index contributed by atoms with van der Waals surface area (Å²) in [6, 6.07) is 0.412. The highest BCUT2D eigenvalue weighted by atomic mass is 16.5. The van der Waals surface area contributed by atoms with Crippen LogP contribution in [0.4, 0.5) is 0 Å². The zero-order valence-corrected chi connectivity index (χ0v) is 9.86. The van der Waals surface area contributed by atoms with E-state index in [1.807, 2.05) is 4.90 Å². The molecule has 92 valence electrons. The summed E-state index contributed by atoms with van der Waals surface area (Å²) in [6.07, 6.45) is 5.35. The molecule has 2 N–H and O–H groups in total. The van der Waals surface area contributed by atoms with Crippen molar-refractivity contribution in [3.63, 3.8) is 0 Å². The Kier molecular flexibility index (Phi) is 4.18. The number of ether oxygens (including phenoxy) is 1. The van der Waals surface area contributed by atoms with Crippen LogP contribution in [0.25, 0.3) is 0 Å². The summed E-state index contributed by atoms with van der Waals surface area (Å²) in [4.78, 5) is 14.0. The second-order valence-electron chi connectivity index (χ2n) is 4.81. The molecule has 2 rings (SSSR count). The Labute approximate surface area is 97.1 Å². The van der Waals surface area contributed by atoms with Crippen molar-refractivity contribution < 1.29 is 9.53 Å². The molecule has 1 amide bonds. The van der Waals surface area contributed by atoms with E-state index in [0.717, 1.165) is 19.6 Å². The van der Waals surface area contributed by atoms with Gasteiger partial charge in [-0.15, -0.1) is 0 Å². The van der Waals surface area contributed by atoms with Crippen molar-refractivity contribution in [3.05, 3.63) is 0 Å². The van der Waals surface area contributed by atoms with Gasteiger partial charge in [0.15, 0.2) is 0 Å². The molecule has 0 bridgehead atoms. The lowest BCUT2D eigenvalue weighted by molar-refractivity contribution is -0.134. The van der Waals surface area contributed by atoms with Gasteiger partial charge in [0, 0.05) is 31.5 Å². The Morgan fingerprint density at radius 2 is 2.19 bits per heavy atom. The van der Waals surface area contributed by atoms with Gasteiger partial charge in [-0.05, 0) is 12.8 Å². The van der Waals surface area contributed by atoms with E-state index in [-0.39, 0.29) is 5.91 Å². The van der Waals surface area contributed by atoms with Gasteiger partial charge in [-0.25, -0.2) is 0 Å². The molecule has 4 heteroatoms. The molecule has 16 heavy (non-hydrogen) atoms. The maximum absolute atomic E-state index is 12.0. The fourth-order valence-corrected chi connectivity index (χ4v) is 2.93. The normalized spacial score (nSPS) is 30.7. The minimum Gasteiger partial charge on any atom is -0.379 e. The Morgan fingerprint density at radius 3 is 3.00 bits per heavy atom. The van der Waals surface area contributed by atoms with E-state index in [1.165, 1.54) is 19.3 Å². The highest BCUT2D eigenvalue weighted by Crippen LogP contribution is 2.30. The third-order valence-corrected chi connectivity index (χ3v) is 3.76. The maximum Gasteiger partial charge on any atom is 0.224 e. The predicted molar refractivity (Wildman–Crippen MR) is 61.9 cm³/mol. The van der Waals surface area contributed by atoms with Gasteiger partial charge >= 0.3 is 0 Å². The standard InChI is InChI=1S/C12H22N2O2/c13-6-5-12(15)14-7-8-16-9-10-3-1-2-4-11(10)14/h10-11H,1-9,13H2. The van der Waals surface area contributed by atoms with Gasteiger partial charge in [-0.3, -0.25) is 4.79 Å². The average Bonchev–Trinajstić information content (AvgIpc) is 2.51. The lowest BCUT2D eigenvalue weighted by atomic mass is 9.84. The fourth-order valence-electron chi connectivity index (χ4n) is 2.93. The third-order valence-electron chi connectivity index (χ3n) is 3.76. The summed E-state index contributed by atoms with van der Waals surface area (Å²) in [5, 5.41) is 0. The number of rotatable bonds is 2. The number of nitrogens with zero attached hydrogens (tertiary/aromatic N) is 1. The van der Waals surface area contributed by atoms with E-state index < -0.39 is 0 Å². The van der Waals surface area contributed by atoms with Crippen LogP contribution >= 0.6 is 0 Å². The van der Waals surface area contributed by atoms with E-state index in [0.29, 0.717) is 31.5 Å². The number of nitrogens with two attached hydrogens (primary N) is 1. The molecule has 2 unspecified atom stereocenters. The van der Waals surface area contributed by atoms with Gasteiger partial charge in [0.2, 0.25) is 5.91 Å². The first-order valence-electron chi connectivity index (χ1n) is 6.40. The highest BCUT2D eigenvalue weighted by Gasteiger charge is 2.34. The van der Waals surface area contributed by atoms with Crippen LogP contribution in [0.15, 0.2) is 0 Å². The summed E-state index contributed by atoms with van der Waals surface area (Å²) in [6.45, 7) is 2.72. The summed E-state index contributed by atoms with van der Waals surface area (Å²) in [5.74, 6) is 0.767. The molecule has 0 radical (unpaired) electrons. The number of carbonyl (C=O) groups is 1. The molecule has 0 aromatic heterocycles. The Morgan fingerprint density at radius 1 is 1.38 bits per heavy atom. The van der Waals surface area contributed by atoms with Crippen LogP contribution in [0.5, 0.6) is 0 Å². The van der Waals surface area contributed by atoms with Crippen molar-refractivity contribution in [3.8, 4) is 0 Å². The number of hydrogen-bond donors (Lipinski definition) is 1. The molecule has 2 aliphatic rings. The molecule has 1 aliphatic heterocycles. The monoisotopic (exact) mass is 226 g/mol. The number of amides is 1. The average molecular weight is 226 g/mol. The van der Waals surface area contributed by atoms with Crippen LogP contribution in [-0.2, 0) is 9.53 Å². The first kappa shape index (κ1) is 11.9. The van der Waals surface area contributed by atoms with Crippen LogP contribution in [0.1, 0.15) is 32.1 Å². The molecule has 4 nitrogen and oxygen atoms in total. The van der Waals surface area contributed by atoms with Crippen LogP contribution in [-0.4, -0.2) is 43.2 Å². The molecular weight excluding hydrogens is 204 g/mol. The second-order valence-corrected chi connectivity index (χ2v) is 4.81. The summed E-state index contributed by atoms with van der Waals surface area (Å²) in [7, 11) is 0. The van der Waals surface area contributed by atoms with Gasteiger partial charge in [0.1, 0.15) is 0 Å². The van der Waals surface area contributed by atoms with Gasteiger partial charge in [0.25, 0.3) is 0 Å². The van der Waals surface area contributed by atoms with Gasteiger partial charge in [0.05, 0.1) is 13.2 Å². The lowest BCUT2D eigenvalue weighted by Crippen LogP contribution is -2.46. The Bertz CT molecular complexity index is 245. The van der Waals surface area contributed by atoms with Gasteiger partial charge < -0.3 is 15.4 Å². The molecule has 1 saturated heterocycles. The highest BCUT2D eigenvalue weighted by molar-refractivity contribution is 5.76. The third kappa shape index (κ3) is 2.55. The molecule has 2 atom stereocenters. The predicted octanol–water partition coefficient (Wildman–Crippen LogP) is 0.753. The quantitative estimate of drug-likeness (QED) is 0.756. The molecule has 0 aromatic rings. The lowest BCUT2D eigenvalue weighted by Gasteiger charge is -2.37. The minimum absolute atomic E-state index is 0.213. The van der Waals surface area contributed by atoms with Crippen LogP contribution in [0, 0.1) is 5.92 Å². The van der Waals surface area contributed by atoms with Crippen molar-refractivity contribution in [1.82, 2.24) is 4.90 Å². The molecule has 0 aromatic carbocycles. The SMILES string of the molecule is NCCC(=O)N1CCOCC2CCCCC21. The fraction of sp³-hybridized carbons (Fsp3) is 0.917. The molecule has 2 fully saturated rings. The first-order valence-corrected chi connectivity index (χ1v) is 6.40. The largest absolute Gasteiger partial charge is 0.379 e. The maximum atomic E-state index is 12.0. The summed E-state index contributed by atoms with van der Waals surface area (Å²) >= 11 is 0. The van der Waals surface area contributed by atoms with Crippen molar-refractivity contribution in [2.24, 2.45) is 11.7 Å². The number of fused-ring (bicyclic) bond motifs is 1. The van der Waals surface area contributed by atoms with Crippen LogP contribution < -0.4 is 5.73 Å². The zero-order valence-electron chi connectivity index (χ0n) is 9.86.